The molecule has 0 unspecified atom stereocenters. The fourth-order valence-electron chi connectivity index (χ4n) is 2.93. The molecule has 0 aromatic heterocycles. The predicted octanol–water partition coefficient (Wildman–Crippen LogP) is 4.55. The van der Waals surface area contributed by atoms with Crippen LogP contribution in [0.1, 0.15) is 29.5 Å². The third kappa shape index (κ3) is 4.56. The van der Waals surface area contributed by atoms with Gasteiger partial charge in [0.25, 0.3) is 0 Å². The van der Waals surface area contributed by atoms with Crippen LogP contribution in [-0.4, -0.2) is 5.91 Å². The second-order valence-electron chi connectivity index (χ2n) is 6.52. The lowest BCUT2D eigenvalue weighted by Gasteiger charge is -2.17. The molecule has 1 amide bonds. The van der Waals surface area contributed by atoms with Crippen LogP contribution >= 0.6 is 12.4 Å². The lowest BCUT2D eigenvalue weighted by atomic mass is 9.95. The molecule has 0 atom stereocenters. The van der Waals surface area contributed by atoms with Gasteiger partial charge in [0.1, 0.15) is 0 Å². The summed E-state index contributed by atoms with van der Waals surface area (Å²) in [6.07, 6.45) is -2.43. The highest BCUT2D eigenvalue weighted by Gasteiger charge is 2.49. The first-order valence-electron chi connectivity index (χ1n) is 8.09. The number of benzene rings is 2. The quantitative estimate of drug-likeness (QED) is 0.794. The van der Waals surface area contributed by atoms with Gasteiger partial charge in [-0.25, -0.2) is 0 Å². The van der Waals surface area contributed by atoms with Gasteiger partial charge in [0.2, 0.25) is 5.91 Å². The lowest BCUT2D eigenvalue weighted by molar-refractivity contribution is -0.137. The number of carbonyl (C=O) groups is 1. The Morgan fingerprint density at radius 1 is 1.08 bits per heavy atom. The number of hydrogen-bond acceptors (Lipinski definition) is 2. The van der Waals surface area contributed by atoms with Gasteiger partial charge in [-0.15, -0.1) is 12.4 Å². The molecule has 7 heteroatoms. The van der Waals surface area contributed by atoms with Crippen LogP contribution in [0.25, 0.3) is 0 Å². The van der Waals surface area contributed by atoms with E-state index in [1.165, 1.54) is 6.07 Å². The van der Waals surface area contributed by atoms with Crippen molar-refractivity contribution in [3.05, 3.63) is 65.2 Å². The number of anilines is 1. The van der Waals surface area contributed by atoms with Crippen LogP contribution in [-0.2, 0) is 23.9 Å². The highest BCUT2D eigenvalue weighted by atomic mass is 35.5. The molecule has 0 aliphatic heterocycles. The summed E-state index contributed by atoms with van der Waals surface area (Å²) < 4.78 is 39.0. The molecule has 0 bridgehead atoms. The van der Waals surface area contributed by atoms with Crippen LogP contribution in [0.5, 0.6) is 0 Å². The number of carbonyl (C=O) groups excluding carboxylic acids is 1. The number of rotatable bonds is 5. The van der Waals surface area contributed by atoms with Crippen LogP contribution in [0.2, 0.25) is 0 Å². The molecule has 3 rings (SSSR count). The van der Waals surface area contributed by atoms with Crippen molar-refractivity contribution in [1.82, 2.24) is 0 Å². The van der Waals surface area contributed by atoms with Crippen molar-refractivity contribution in [2.75, 3.05) is 5.32 Å². The van der Waals surface area contributed by atoms with Crippen molar-refractivity contribution in [3.8, 4) is 0 Å². The highest BCUT2D eigenvalue weighted by molar-refractivity contribution is 5.97. The molecule has 2 aromatic rings. The van der Waals surface area contributed by atoms with Crippen molar-refractivity contribution in [2.45, 2.75) is 32.0 Å². The maximum atomic E-state index is 13.0. The van der Waals surface area contributed by atoms with E-state index >= 15 is 0 Å². The Balaban J connectivity index is 0.00000243. The molecule has 0 radical (unpaired) electrons. The van der Waals surface area contributed by atoms with Crippen LogP contribution < -0.4 is 11.1 Å². The van der Waals surface area contributed by atoms with Gasteiger partial charge in [-0.05, 0) is 48.6 Å². The number of nitrogens with two attached hydrogens (primary N) is 1. The molecule has 2 aromatic carbocycles. The number of halogens is 4. The Hall–Kier alpha value is -2.05. The van der Waals surface area contributed by atoms with Crippen LogP contribution in [0.4, 0.5) is 18.9 Å². The van der Waals surface area contributed by atoms with E-state index in [0.717, 1.165) is 30.5 Å². The summed E-state index contributed by atoms with van der Waals surface area (Å²) in [5.74, 6) is -0.237. The van der Waals surface area contributed by atoms with Gasteiger partial charge < -0.3 is 11.1 Å². The zero-order valence-electron chi connectivity index (χ0n) is 14.0. The summed E-state index contributed by atoms with van der Waals surface area (Å²) in [6, 6.07) is 13.1. The minimum absolute atomic E-state index is 0. The molecule has 1 aliphatic carbocycles. The van der Waals surface area contributed by atoms with Crippen LogP contribution in [0.3, 0.4) is 0 Å². The van der Waals surface area contributed by atoms with Crippen molar-refractivity contribution in [3.63, 3.8) is 0 Å². The van der Waals surface area contributed by atoms with Crippen LogP contribution in [0.15, 0.2) is 48.5 Å². The third-order valence-corrected chi connectivity index (χ3v) is 4.53. The summed E-state index contributed by atoms with van der Waals surface area (Å²) >= 11 is 0. The molecule has 26 heavy (non-hydrogen) atoms. The summed E-state index contributed by atoms with van der Waals surface area (Å²) in [5, 5.41) is 2.66. The summed E-state index contributed by atoms with van der Waals surface area (Å²) in [7, 11) is 0. The molecule has 3 nitrogen and oxygen atoms in total. The molecule has 1 aliphatic rings. The molecule has 3 N–H and O–H groups in total. The van der Waals surface area contributed by atoms with Crippen molar-refractivity contribution in [1.29, 1.82) is 0 Å². The number of amides is 1. The summed E-state index contributed by atoms with van der Waals surface area (Å²) in [6.45, 7) is -0.0258. The topological polar surface area (TPSA) is 55.1 Å². The van der Waals surface area contributed by atoms with Gasteiger partial charge in [0, 0.05) is 12.2 Å². The molecule has 0 heterocycles. The number of nitrogens with one attached hydrogen (secondary N) is 1. The van der Waals surface area contributed by atoms with E-state index in [-0.39, 0.29) is 30.5 Å². The Morgan fingerprint density at radius 2 is 1.73 bits per heavy atom. The molecule has 0 spiro atoms. The maximum Gasteiger partial charge on any atom is 0.416 e. The second kappa shape index (κ2) is 7.68. The minimum atomic E-state index is -4.48. The Morgan fingerprint density at radius 3 is 2.27 bits per heavy atom. The van der Waals surface area contributed by atoms with E-state index in [4.69, 9.17) is 5.73 Å². The first-order chi connectivity index (χ1) is 11.8. The SMILES string of the molecule is Cl.NCc1cc(NC(=O)C2(Cc3ccccc3)CC2)cc(C(F)(F)F)c1. The zero-order chi connectivity index (χ0) is 18.1. The molecule has 1 fully saturated rings. The van der Waals surface area contributed by atoms with Gasteiger partial charge in [0.05, 0.1) is 11.0 Å². The monoisotopic (exact) mass is 384 g/mol. The minimum Gasteiger partial charge on any atom is -0.326 e. The Labute approximate surface area is 156 Å². The molecule has 0 saturated heterocycles. The Bertz CT molecular complexity index is 774. The average molecular weight is 385 g/mol. The van der Waals surface area contributed by atoms with E-state index in [9.17, 15) is 18.0 Å². The van der Waals surface area contributed by atoms with E-state index in [1.807, 2.05) is 30.3 Å². The van der Waals surface area contributed by atoms with Gasteiger partial charge in [0.15, 0.2) is 0 Å². The maximum absolute atomic E-state index is 13.0. The average Bonchev–Trinajstić information content (AvgIpc) is 3.35. The molecule has 140 valence electrons. The number of alkyl halides is 3. The molecular formula is C19H20ClF3N2O. The Kier molecular flexibility index (Phi) is 5.98. The van der Waals surface area contributed by atoms with Gasteiger partial charge >= 0.3 is 6.18 Å². The zero-order valence-corrected chi connectivity index (χ0v) is 14.8. The summed E-state index contributed by atoms with van der Waals surface area (Å²) in [4.78, 5) is 12.6. The fraction of sp³-hybridized carbons (Fsp3) is 0.316. The molecular weight excluding hydrogens is 365 g/mol. The van der Waals surface area contributed by atoms with Gasteiger partial charge in [-0.1, -0.05) is 30.3 Å². The van der Waals surface area contributed by atoms with E-state index in [0.29, 0.717) is 12.0 Å². The standard InChI is InChI=1S/C19H19F3N2O.ClH/c20-19(21,22)15-8-14(12-23)9-16(10-15)24-17(25)18(6-7-18)11-13-4-2-1-3-5-13;/h1-5,8-10H,6-7,11-12,23H2,(H,24,25);1H. The van der Waals surface area contributed by atoms with Gasteiger partial charge in [-0.2, -0.15) is 13.2 Å². The van der Waals surface area contributed by atoms with E-state index in [2.05, 4.69) is 5.32 Å². The number of hydrogen-bond donors (Lipinski definition) is 2. The van der Waals surface area contributed by atoms with Crippen molar-refractivity contribution < 1.29 is 18.0 Å². The predicted molar refractivity (Wildman–Crippen MR) is 97.0 cm³/mol. The van der Waals surface area contributed by atoms with Crippen molar-refractivity contribution >= 4 is 24.0 Å². The first kappa shape index (κ1) is 20.3. The van der Waals surface area contributed by atoms with E-state index in [1.54, 1.807) is 0 Å². The van der Waals surface area contributed by atoms with Crippen LogP contribution in [0, 0.1) is 5.41 Å². The largest absolute Gasteiger partial charge is 0.416 e. The fourth-order valence-corrected chi connectivity index (χ4v) is 2.93. The van der Waals surface area contributed by atoms with E-state index < -0.39 is 17.2 Å². The van der Waals surface area contributed by atoms with Crippen molar-refractivity contribution in [2.24, 2.45) is 11.1 Å². The second-order valence-corrected chi connectivity index (χ2v) is 6.52. The molecule has 1 saturated carbocycles. The summed E-state index contributed by atoms with van der Waals surface area (Å²) in [5.41, 5.74) is 5.66. The first-order valence-corrected chi connectivity index (χ1v) is 8.09. The third-order valence-electron chi connectivity index (χ3n) is 4.53. The smallest absolute Gasteiger partial charge is 0.326 e. The highest BCUT2D eigenvalue weighted by Crippen LogP contribution is 2.49. The normalized spacial score (nSPS) is 15.1. The lowest BCUT2D eigenvalue weighted by Crippen LogP contribution is -2.26. The van der Waals surface area contributed by atoms with Gasteiger partial charge in [-0.3, -0.25) is 4.79 Å².